The van der Waals surface area contributed by atoms with Crippen LogP contribution in [-0.4, -0.2) is 49.8 Å². The van der Waals surface area contributed by atoms with Crippen molar-refractivity contribution >= 4 is 41.7 Å². The molecule has 0 radical (unpaired) electrons. The van der Waals surface area contributed by atoms with Crippen LogP contribution in [0, 0.1) is 0 Å². The highest BCUT2D eigenvalue weighted by Crippen LogP contribution is 2.31. The number of hydrogen-bond donors (Lipinski definition) is 5. The maximum atomic E-state index is 13.4. The number of carboxylic acid groups (broad SMARTS) is 1. The standard InChI is InChI=1S/C27H29N3O5S2/c31-19-8-5-17(6-9-19)15-22(36)24(32)30-27(11-1-2-12-27)26(35)29-21(25(33)34)14-18-7-10-20(28-16-18)23-4-3-13-37-23/h3-10,13,16,21-22,31,36H,1-2,11-12,14-15H2,(H,29,35)(H,30,32)(H,33,34). The number of nitrogens with one attached hydrogen (secondary N) is 2. The number of phenols is 1. The van der Waals surface area contributed by atoms with E-state index < -0.39 is 34.6 Å². The van der Waals surface area contributed by atoms with Gasteiger partial charge in [-0.3, -0.25) is 14.6 Å². The van der Waals surface area contributed by atoms with Crippen molar-refractivity contribution in [2.45, 2.75) is 55.4 Å². The van der Waals surface area contributed by atoms with Crippen molar-refractivity contribution in [1.29, 1.82) is 0 Å². The van der Waals surface area contributed by atoms with Gasteiger partial charge in [0.2, 0.25) is 11.8 Å². The topological polar surface area (TPSA) is 129 Å². The minimum absolute atomic E-state index is 0.0683. The molecule has 1 aliphatic carbocycles. The fourth-order valence-corrected chi connectivity index (χ4v) is 5.48. The predicted molar refractivity (Wildman–Crippen MR) is 145 cm³/mol. The summed E-state index contributed by atoms with van der Waals surface area (Å²) in [6.07, 6.45) is 4.35. The average molecular weight is 540 g/mol. The Morgan fingerprint density at radius 1 is 1.03 bits per heavy atom. The van der Waals surface area contributed by atoms with Crippen LogP contribution in [0.3, 0.4) is 0 Å². The molecule has 1 fully saturated rings. The van der Waals surface area contributed by atoms with Crippen molar-refractivity contribution in [3.05, 3.63) is 71.2 Å². The molecule has 0 spiro atoms. The Hall–Kier alpha value is -3.37. The molecule has 2 aromatic heterocycles. The zero-order valence-electron chi connectivity index (χ0n) is 20.1. The van der Waals surface area contributed by atoms with E-state index in [0.717, 1.165) is 29.0 Å². The Balaban J connectivity index is 1.41. The quantitative estimate of drug-likeness (QED) is 0.251. The van der Waals surface area contributed by atoms with Gasteiger partial charge < -0.3 is 20.8 Å². The Kier molecular flexibility index (Phi) is 8.50. The summed E-state index contributed by atoms with van der Waals surface area (Å²) in [5.41, 5.74) is 1.13. The van der Waals surface area contributed by atoms with Crippen LogP contribution in [0.5, 0.6) is 5.75 Å². The number of thiol groups is 1. The second-order valence-corrected chi connectivity index (χ2v) is 10.8. The summed E-state index contributed by atoms with van der Waals surface area (Å²) < 4.78 is 0. The van der Waals surface area contributed by atoms with Crippen molar-refractivity contribution in [1.82, 2.24) is 15.6 Å². The fraction of sp³-hybridized carbons (Fsp3) is 0.333. The summed E-state index contributed by atoms with van der Waals surface area (Å²) in [6.45, 7) is 0. The van der Waals surface area contributed by atoms with Gasteiger partial charge in [0.1, 0.15) is 17.3 Å². The molecule has 4 N–H and O–H groups in total. The first-order chi connectivity index (χ1) is 17.8. The summed E-state index contributed by atoms with van der Waals surface area (Å²) in [4.78, 5) is 43.8. The molecule has 3 aromatic rings. The van der Waals surface area contributed by atoms with Crippen LogP contribution in [0.1, 0.15) is 36.8 Å². The number of phenolic OH excluding ortho intramolecular Hbond substituents is 1. The summed E-state index contributed by atoms with van der Waals surface area (Å²) in [7, 11) is 0. The van der Waals surface area contributed by atoms with Crippen LogP contribution in [0.2, 0.25) is 0 Å². The number of pyridine rings is 1. The predicted octanol–water partition coefficient (Wildman–Crippen LogP) is 3.60. The van der Waals surface area contributed by atoms with Gasteiger partial charge in [0.15, 0.2) is 0 Å². The Morgan fingerprint density at radius 2 is 1.73 bits per heavy atom. The number of amides is 2. The molecular weight excluding hydrogens is 510 g/mol. The maximum Gasteiger partial charge on any atom is 0.326 e. The van der Waals surface area contributed by atoms with E-state index >= 15 is 0 Å². The molecular formula is C27H29N3O5S2. The third-order valence-electron chi connectivity index (χ3n) is 6.56. The Labute approximate surface area is 224 Å². The monoisotopic (exact) mass is 539 g/mol. The molecule has 0 bridgehead atoms. The molecule has 2 unspecified atom stereocenters. The van der Waals surface area contributed by atoms with Crippen LogP contribution in [0.25, 0.3) is 10.6 Å². The van der Waals surface area contributed by atoms with E-state index in [-0.39, 0.29) is 12.2 Å². The number of thiophene rings is 1. The summed E-state index contributed by atoms with van der Waals surface area (Å²) in [6, 6.07) is 12.9. The molecule has 8 nitrogen and oxygen atoms in total. The highest BCUT2D eigenvalue weighted by Gasteiger charge is 2.44. The maximum absolute atomic E-state index is 13.4. The van der Waals surface area contributed by atoms with E-state index in [1.165, 1.54) is 12.1 Å². The Morgan fingerprint density at radius 3 is 2.32 bits per heavy atom. The number of aromatic hydroxyl groups is 1. The van der Waals surface area contributed by atoms with Gasteiger partial charge in [-0.05, 0) is 60.0 Å². The number of nitrogens with zero attached hydrogens (tertiary/aromatic N) is 1. The molecule has 1 aromatic carbocycles. The van der Waals surface area contributed by atoms with Crippen molar-refractivity contribution in [3.8, 4) is 16.3 Å². The van der Waals surface area contributed by atoms with Crippen molar-refractivity contribution in [2.75, 3.05) is 0 Å². The molecule has 2 atom stereocenters. The van der Waals surface area contributed by atoms with Gasteiger partial charge in [-0.1, -0.05) is 37.1 Å². The second-order valence-electron chi connectivity index (χ2n) is 9.26. The number of carbonyl (C=O) groups is 3. The first-order valence-corrected chi connectivity index (χ1v) is 13.5. The minimum Gasteiger partial charge on any atom is -0.508 e. The van der Waals surface area contributed by atoms with E-state index in [0.29, 0.717) is 24.8 Å². The van der Waals surface area contributed by atoms with E-state index in [9.17, 15) is 24.6 Å². The van der Waals surface area contributed by atoms with Crippen LogP contribution in [0.15, 0.2) is 60.1 Å². The van der Waals surface area contributed by atoms with Crippen molar-refractivity contribution in [3.63, 3.8) is 0 Å². The first-order valence-electron chi connectivity index (χ1n) is 12.1. The van der Waals surface area contributed by atoms with Crippen molar-refractivity contribution in [2.24, 2.45) is 0 Å². The van der Waals surface area contributed by atoms with Gasteiger partial charge >= 0.3 is 5.97 Å². The average Bonchev–Trinajstić information content (AvgIpc) is 3.59. The van der Waals surface area contributed by atoms with Gasteiger partial charge in [-0.15, -0.1) is 11.3 Å². The second kappa shape index (κ2) is 11.8. The summed E-state index contributed by atoms with van der Waals surface area (Å²) in [5, 5.41) is 26.1. The zero-order chi connectivity index (χ0) is 26.4. The fourth-order valence-electron chi connectivity index (χ4n) is 4.50. The minimum atomic E-state index is -1.18. The molecule has 2 amide bonds. The third kappa shape index (κ3) is 6.69. The smallest absolute Gasteiger partial charge is 0.326 e. The van der Waals surface area contributed by atoms with Crippen LogP contribution < -0.4 is 10.6 Å². The van der Waals surface area contributed by atoms with Crippen LogP contribution in [0.4, 0.5) is 0 Å². The lowest BCUT2D eigenvalue weighted by molar-refractivity contribution is -0.143. The highest BCUT2D eigenvalue weighted by atomic mass is 32.1. The number of rotatable bonds is 10. The third-order valence-corrected chi connectivity index (χ3v) is 7.87. The molecule has 1 saturated carbocycles. The first kappa shape index (κ1) is 26.7. The van der Waals surface area contributed by atoms with Gasteiger partial charge in [0.05, 0.1) is 15.8 Å². The number of aliphatic carboxylic acids is 1. The number of aromatic nitrogens is 1. The highest BCUT2D eigenvalue weighted by molar-refractivity contribution is 7.81. The van der Waals surface area contributed by atoms with Gasteiger partial charge in [0.25, 0.3) is 0 Å². The van der Waals surface area contributed by atoms with E-state index in [2.05, 4.69) is 28.2 Å². The van der Waals surface area contributed by atoms with E-state index in [4.69, 9.17) is 0 Å². The molecule has 37 heavy (non-hydrogen) atoms. The SMILES string of the molecule is O=C(NC1(C(=O)NC(Cc2ccc(-c3cccs3)nc2)C(=O)O)CCCC1)C(S)Cc1ccc(O)cc1. The largest absolute Gasteiger partial charge is 0.508 e. The molecule has 1 aliphatic rings. The molecule has 194 valence electrons. The van der Waals surface area contributed by atoms with Crippen LogP contribution in [-0.2, 0) is 27.2 Å². The molecule has 0 aliphatic heterocycles. The Bertz CT molecular complexity index is 1220. The van der Waals surface area contributed by atoms with Gasteiger partial charge in [0, 0.05) is 12.6 Å². The summed E-state index contributed by atoms with van der Waals surface area (Å²) in [5.74, 6) is -1.92. The normalized spacial score (nSPS) is 16.0. The summed E-state index contributed by atoms with van der Waals surface area (Å²) >= 11 is 6.00. The lowest BCUT2D eigenvalue weighted by atomic mass is 9.94. The van der Waals surface area contributed by atoms with Gasteiger partial charge in [-0.2, -0.15) is 12.6 Å². The molecule has 10 heteroatoms. The van der Waals surface area contributed by atoms with Gasteiger partial charge in [-0.25, -0.2) is 4.79 Å². The number of carboxylic acids is 1. The molecule has 0 saturated heterocycles. The van der Waals surface area contributed by atoms with Crippen molar-refractivity contribution < 1.29 is 24.6 Å². The lowest BCUT2D eigenvalue weighted by Gasteiger charge is -2.31. The zero-order valence-corrected chi connectivity index (χ0v) is 21.8. The van der Waals surface area contributed by atoms with E-state index in [1.807, 2.05) is 29.6 Å². The number of carbonyl (C=O) groups excluding carboxylic acids is 2. The molecule has 4 rings (SSSR count). The lowest BCUT2D eigenvalue weighted by Crippen LogP contribution is -2.61. The van der Waals surface area contributed by atoms with E-state index in [1.54, 1.807) is 29.7 Å². The number of hydrogen-bond acceptors (Lipinski definition) is 7. The van der Waals surface area contributed by atoms with Crippen LogP contribution >= 0.6 is 24.0 Å². The number of benzene rings is 1. The molecule has 2 heterocycles.